The fraction of sp³-hybridized carbons (Fsp3) is 0.250. The molecular weight excluding hydrogens is 372 g/mol. The van der Waals surface area contributed by atoms with Crippen molar-refractivity contribution in [2.24, 2.45) is 0 Å². The van der Waals surface area contributed by atoms with Gasteiger partial charge in [0.05, 0.1) is 5.69 Å². The molecule has 0 fully saturated rings. The van der Waals surface area contributed by atoms with E-state index in [1.54, 1.807) is 34.6 Å². The summed E-state index contributed by atoms with van der Waals surface area (Å²) in [6.07, 6.45) is 4.47. The van der Waals surface area contributed by atoms with E-state index in [-0.39, 0.29) is 5.56 Å². The fourth-order valence-corrected chi connectivity index (χ4v) is 3.97. The molecule has 0 saturated carbocycles. The fourth-order valence-electron chi connectivity index (χ4n) is 3.11. The van der Waals surface area contributed by atoms with Crippen molar-refractivity contribution >= 4 is 17.4 Å². The van der Waals surface area contributed by atoms with Crippen molar-refractivity contribution in [1.29, 1.82) is 0 Å². The van der Waals surface area contributed by atoms with E-state index in [2.05, 4.69) is 31.7 Å². The van der Waals surface area contributed by atoms with Gasteiger partial charge in [-0.15, -0.1) is 10.2 Å². The highest BCUT2D eigenvalue weighted by atomic mass is 32.2. The summed E-state index contributed by atoms with van der Waals surface area (Å²) in [5.41, 5.74) is 3.19. The minimum absolute atomic E-state index is 0.0637. The number of rotatable bonds is 6. The highest BCUT2D eigenvalue weighted by molar-refractivity contribution is 7.98. The summed E-state index contributed by atoms with van der Waals surface area (Å²) in [5.74, 6) is 1.38. The lowest BCUT2D eigenvalue weighted by atomic mass is 10.2. The first-order valence-corrected chi connectivity index (χ1v) is 10.1. The van der Waals surface area contributed by atoms with Gasteiger partial charge in [0.2, 0.25) is 0 Å². The van der Waals surface area contributed by atoms with Crippen LogP contribution in [0, 0.1) is 6.92 Å². The monoisotopic (exact) mass is 392 g/mol. The molecule has 0 amide bonds. The molecule has 0 aromatic carbocycles. The van der Waals surface area contributed by atoms with Gasteiger partial charge in [-0.25, -0.2) is 4.98 Å². The third kappa shape index (κ3) is 3.55. The van der Waals surface area contributed by atoms with E-state index in [9.17, 15) is 4.79 Å². The van der Waals surface area contributed by atoms with Crippen LogP contribution in [-0.2, 0) is 12.3 Å². The van der Waals surface area contributed by atoms with Gasteiger partial charge in [0.25, 0.3) is 5.56 Å². The summed E-state index contributed by atoms with van der Waals surface area (Å²) in [7, 11) is 0. The summed E-state index contributed by atoms with van der Waals surface area (Å²) >= 11 is 1.54. The summed E-state index contributed by atoms with van der Waals surface area (Å²) in [6.45, 7) is 4.84. The number of hydrogen-bond acceptors (Lipinski definition) is 6. The van der Waals surface area contributed by atoms with Gasteiger partial charge >= 0.3 is 0 Å². The third-order valence-electron chi connectivity index (χ3n) is 4.38. The Kier molecular flexibility index (Phi) is 5.21. The second-order valence-electron chi connectivity index (χ2n) is 6.43. The molecule has 4 rings (SSSR count). The number of pyridine rings is 2. The highest BCUT2D eigenvalue weighted by Crippen LogP contribution is 2.26. The molecule has 0 aliphatic rings. The molecule has 0 saturated heterocycles. The van der Waals surface area contributed by atoms with Crippen LogP contribution < -0.4 is 5.56 Å². The Balaban J connectivity index is 1.63. The maximum Gasteiger partial charge on any atom is 0.258 e. The largest absolute Gasteiger partial charge is 0.302 e. The lowest BCUT2D eigenvalue weighted by molar-refractivity contribution is 0.626. The van der Waals surface area contributed by atoms with Crippen LogP contribution in [0.5, 0.6) is 0 Å². The molecule has 0 spiro atoms. The predicted molar refractivity (Wildman–Crippen MR) is 109 cm³/mol. The summed E-state index contributed by atoms with van der Waals surface area (Å²) < 4.78 is 3.73. The zero-order valence-corrected chi connectivity index (χ0v) is 16.6. The molecule has 4 heterocycles. The normalized spacial score (nSPS) is 11.2. The predicted octanol–water partition coefficient (Wildman–Crippen LogP) is 3.36. The van der Waals surface area contributed by atoms with Crippen molar-refractivity contribution in [2.45, 2.75) is 37.7 Å². The minimum Gasteiger partial charge on any atom is -0.302 e. The molecule has 0 radical (unpaired) electrons. The van der Waals surface area contributed by atoms with E-state index in [4.69, 9.17) is 0 Å². The Labute approximate surface area is 166 Å². The molecule has 0 unspecified atom stereocenters. The molecule has 4 aromatic rings. The maximum atomic E-state index is 12.5. The molecule has 0 aliphatic heterocycles. The van der Waals surface area contributed by atoms with E-state index < -0.39 is 0 Å². The van der Waals surface area contributed by atoms with Gasteiger partial charge in [-0.2, -0.15) is 0 Å². The van der Waals surface area contributed by atoms with Gasteiger partial charge in [0.1, 0.15) is 5.65 Å². The smallest absolute Gasteiger partial charge is 0.258 e. The number of aromatic nitrogens is 6. The summed E-state index contributed by atoms with van der Waals surface area (Å²) in [4.78, 5) is 21.2. The molecule has 28 heavy (non-hydrogen) atoms. The zero-order chi connectivity index (χ0) is 19.5. The molecule has 7 nitrogen and oxygen atoms in total. The second-order valence-corrected chi connectivity index (χ2v) is 7.37. The van der Waals surface area contributed by atoms with Crippen molar-refractivity contribution in [2.75, 3.05) is 0 Å². The SMILES string of the molecule is CCCn1c(SCc2cc(=O)n3c(C)cccc3n2)nnc1-c1ccncc1. The number of fused-ring (bicyclic) bond motifs is 1. The van der Waals surface area contributed by atoms with Crippen LogP contribution in [0.15, 0.2) is 58.7 Å². The van der Waals surface area contributed by atoms with Crippen molar-refractivity contribution in [1.82, 2.24) is 29.1 Å². The first kappa shape index (κ1) is 18.4. The van der Waals surface area contributed by atoms with E-state index in [0.29, 0.717) is 11.4 Å². The van der Waals surface area contributed by atoms with E-state index in [1.165, 1.54) is 0 Å². The Morgan fingerprint density at radius 3 is 2.71 bits per heavy atom. The van der Waals surface area contributed by atoms with E-state index in [1.807, 2.05) is 37.3 Å². The number of thioether (sulfide) groups is 1. The van der Waals surface area contributed by atoms with Crippen LogP contribution in [0.4, 0.5) is 0 Å². The Hall–Kier alpha value is -3.00. The topological polar surface area (TPSA) is 78.0 Å². The van der Waals surface area contributed by atoms with Gasteiger partial charge in [0, 0.05) is 42.0 Å². The minimum atomic E-state index is -0.0637. The van der Waals surface area contributed by atoms with Gasteiger partial charge in [-0.3, -0.25) is 14.2 Å². The van der Waals surface area contributed by atoms with Crippen LogP contribution in [0.1, 0.15) is 24.7 Å². The standard InChI is InChI=1S/C20H20N6OS/c1-3-11-25-19(15-7-9-21-10-8-15)23-24-20(25)28-13-16-12-18(27)26-14(2)5-4-6-17(26)22-16/h4-10,12H,3,11,13H2,1-2H3. The van der Waals surface area contributed by atoms with Crippen molar-refractivity contribution in [3.8, 4) is 11.4 Å². The van der Waals surface area contributed by atoms with Gasteiger partial charge in [-0.05, 0) is 37.6 Å². The molecule has 0 atom stereocenters. The van der Waals surface area contributed by atoms with Crippen LogP contribution in [-0.4, -0.2) is 29.1 Å². The first-order valence-electron chi connectivity index (χ1n) is 9.12. The van der Waals surface area contributed by atoms with Crippen LogP contribution in [0.3, 0.4) is 0 Å². The number of hydrogen-bond donors (Lipinski definition) is 0. The number of aryl methyl sites for hydroxylation is 1. The van der Waals surface area contributed by atoms with E-state index >= 15 is 0 Å². The van der Waals surface area contributed by atoms with Gasteiger partial charge < -0.3 is 4.57 Å². The molecule has 0 bridgehead atoms. The van der Waals surface area contributed by atoms with Crippen LogP contribution in [0.2, 0.25) is 0 Å². The Morgan fingerprint density at radius 2 is 1.93 bits per heavy atom. The van der Waals surface area contributed by atoms with Crippen molar-refractivity contribution < 1.29 is 0 Å². The van der Waals surface area contributed by atoms with E-state index in [0.717, 1.165) is 40.9 Å². The average Bonchev–Trinajstić information content (AvgIpc) is 3.10. The van der Waals surface area contributed by atoms with Gasteiger partial charge in [-0.1, -0.05) is 24.8 Å². The Morgan fingerprint density at radius 1 is 1.11 bits per heavy atom. The van der Waals surface area contributed by atoms with Crippen molar-refractivity contribution in [3.05, 3.63) is 70.5 Å². The molecule has 0 N–H and O–H groups in total. The van der Waals surface area contributed by atoms with Crippen LogP contribution >= 0.6 is 11.8 Å². The lowest BCUT2D eigenvalue weighted by Gasteiger charge is -2.09. The quantitative estimate of drug-likeness (QED) is 0.468. The summed E-state index contributed by atoms with van der Waals surface area (Å²) in [5, 5.41) is 9.56. The molecule has 0 aliphatic carbocycles. The lowest BCUT2D eigenvalue weighted by Crippen LogP contribution is -2.17. The maximum absolute atomic E-state index is 12.5. The summed E-state index contributed by atoms with van der Waals surface area (Å²) in [6, 6.07) is 11.1. The Bertz CT molecular complexity index is 1170. The zero-order valence-electron chi connectivity index (χ0n) is 15.7. The number of nitrogens with zero attached hydrogens (tertiary/aromatic N) is 6. The third-order valence-corrected chi connectivity index (χ3v) is 5.39. The van der Waals surface area contributed by atoms with Gasteiger partial charge in [0.15, 0.2) is 11.0 Å². The highest BCUT2D eigenvalue weighted by Gasteiger charge is 2.14. The molecule has 8 heteroatoms. The average molecular weight is 392 g/mol. The van der Waals surface area contributed by atoms with Crippen LogP contribution in [0.25, 0.3) is 17.0 Å². The molecule has 142 valence electrons. The van der Waals surface area contributed by atoms with Crippen molar-refractivity contribution in [3.63, 3.8) is 0 Å². The molecular formula is C20H20N6OS. The molecule has 4 aromatic heterocycles. The second kappa shape index (κ2) is 7.93. The first-order chi connectivity index (χ1) is 13.7.